The monoisotopic (exact) mass is 347 g/mol. The highest BCUT2D eigenvalue weighted by atomic mass is 16.6. The second-order valence-corrected chi connectivity index (χ2v) is 6.22. The van der Waals surface area contributed by atoms with E-state index in [2.05, 4.69) is 15.6 Å². The van der Waals surface area contributed by atoms with E-state index in [1.807, 2.05) is 0 Å². The van der Waals surface area contributed by atoms with Crippen molar-refractivity contribution in [1.82, 2.24) is 10.3 Å². The SMILES string of the molecule is CC(C)(C)OC(=O)NCc1ccc(NC(=O)OCc2cnco2)cc1. The second-order valence-electron chi connectivity index (χ2n) is 6.22. The molecule has 1 heterocycles. The van der Waals surface area contributed by atoms with Crippen LogP contribution in [-0.4, -0.2) is 22.8 Å². The Labute approximate surface area is 145 Å². The lowest BCUT2D eigenvalue weighted by atomic mass is 10.2. The molecule has 0 saturated heterocycles. The predicted octanol–water partition coefficient (Wildman–Crippen LogP) is 3.45. The average molecular weight is 347 g/mol. The lowest BCUT2D eigenvalue weighted by molar-refractivity contribution is 0.0523. The normalized spacial score (nSPS) is 10.8. The molecule has 1 aromatic carbocycles. The lowest BCUT2D eigenvalue weighted by Crippen LogP contribution is -2.32. The van der Waals surface area contributed by atoms with Crippen LogP contribution in [0, 0.1) is 0 Å². The molecule has 0 saturated carbocycles. The largest absolute Gasteiger partial charge is 0.445 e. The molecule has 134 valence electrons. The Morgan fingerprint density at radius 1 is 1.16 bits per heavy atom. The van der Waals surface area contributed by atoms with Crippen molar-refractivity contribution in [2.45, 2.75) is 39.5 Å². The first-order valence-electron chi connectivity index (χ1n) is 7.69. The molecule has 25 heavy (non-hydrogen) atoms. The molecule has 2 aromatic rings. The maximum absolute atomic E-state index is 11.7. The number of alkyl carbamates (subject to hydrolysis) is 1. The van der Waals surface area contributed by atoms with Crippen LogP contribution in [0.4, 0.5) is 15.3 Å². The minimum absolute atomic E-state index is 0.00370. The first kappa shape index (κ1) is 18.3. The molecular formula is C17H21N3O5. The molecule has 0 radical (unpaired) electrons. The summed E-state index contributed by atoms with van der Waals surface area (Å²) in [7, 11) is 0. The van der Waals surface area contributed by atoms with E-state index in [0.717, 1.165) is 5.56 Å². The summed E-state index contributed by atoms with van der Waals surface area (Å²) in [5, 5.41) is 5.25. The van der Waals surface area contributed by atoms with E-state index in [0.29, 0.717) is 18.0 Å². The summed E-state index contributed by atoms with van der Waals surface area (Å²) in [6.45, 7) is 5.73. The Balaban J connectivity index is 1.75. The van der Waals surface area contributed by atoms with Gasteiger partial charge in [-0.15, -0.1) is 0 Å². The molecule has 0 unspecified atom stereocenters. The van der Waals surface area contributed by atoms with Crippen molar-refractivity contribution in [1.29, 1.82) is 0 Å². The Hall–Kier alpha value is -3.03. The molecular weight excluding hydrogens is 326 g/mol. The fraction of sp³-hybridized carbons (Fsp3) is 0.353. The molecule has 0 aliphatic rings. The van der Waals surface area contributed by atoms with Gasteiger partial charge in [-0.1, -0.05) is 12.1 Å². The van der Waals surface area contributed by atoms with Crippen molar-refractivity contribution in [2.75, 3.05) is 5.32 Å². The van der Waals surface area contributed by atoms with Crippen molar-refractivity contribution < 1.29 is 23.5 Å². The maximum Gasteiger partial charge on any atom is 0.412 e. The van der Waals surface area contributed by atoms with Gasteiger partial charge in [0, 0.05) is 12.2 Å². The van der Waals surface area contributed by atoms with Gasteiger partial charge in [0.2, 0.25) is 0 Å². The molecule has 0 fully saturated rings. The number of nitrogens with zero attached hydrogens (tertiary/aromatic N) is 1. The summed E-state index contributed by atoms with van der Waals surface area (Å²) in [5.74, 6) is 0.457. The summed E-state index contributed by atoms with van der Waals surface area (Å²) < 4.78 is 15.1. The number of rotatable bonds is 5. The van der Waals surface area contributed by atoms with Crippen LogP contribution in [0.15, 0.2) is 41.3 Å². The zero-order valence-corrected chi connectivity index (χ0v) is 14.4. The lowest BCUT2D eigenvalue weighted by Gasteiger charge is -2.19. The molecule has 2 N–H and O–H groups in total. The third-order valence-electron chi connectivity index (χ3n) is 2.87. The fourth-order valence-corrected chi connectivity index (χ4v) is 1.80. The molecule has 8 nitrogen and oxygen atoms in total. The van der Waals surface area contributed by atoms with Gasteiger partial charge in [0.15, 0.2) is 18.8 Å². The first-order valence-corrected chi connectivity index (χ1v) is 7.69. The van der Waals surface area contributed by atoms with E-state index in [-0.39, 0.29) is 6.61 Å². The number of anilines is 1. The van der Waals surface area contributed by atoms with Gasteiger partial charge in [0.25, 0.3) is 0 Å². The topological polar surface area (TPSA) is 103 Å². The second kappa shape index (κ2) is 8.18. The molecule has 2 amide bonds. The average Bonchev–Trinajstić information content (AvgIpc) is 3.04. The quantitative estimate of drug-likeness (QED) is 0.859. The van der Waals surface area contributed by atoms with Crippen LogP contribution in [0.3, 0.4) is 0 Å². The fourth-order valence-electron chi connectivity index (χ4n) is 1.80. The molecule has 0 atom stereocenters. The zero-order chi connectivity index (χ0) is 18.3. The van der Waals surface area contributed by atoms with Crippen LogP contribution in [0.5, 0.6) is 0 Å². The summed E-state index contributed by atoms with van der Waals surface area (Å²) in [4.78, 5) is 27.0. The van der Waals surface area contributed by atoms with E-state index in [4.69, 9.17) is 13.9 Å². The number of carbonyl (C=O) groups excluding carboxylic acids is 2. The number of amides is 2. The minimum atomic E-state index is -0.601. The maximum atomic E-state index is 11.7. The van der Waals surface area contributed by atoms with Crippen LogP contribution in [-0.2, 0) is 22.6 Å². The van der Waals surface area contributed by atoms with Crippen LogP contribution in [0.25, 0.3) is 0 Å². The van der Waals surface area contributed by atoms with E-state index >= 15 is 0 Å². The van der Waals surface area contributed by atoms with Gasteiger partial charge in [-0.3, -0.25) is 5.32 Å². The smallest absolute Gasteiger partial charge is 0.412 e. The standard InChI is InChI=1S/C17H21N3O5/c1-17(2,3)25-15(21)19-8-12-4-6-13(7-5-12)20-16(22)23-10-14-9-18-11-24-14/h4-7,9,11H,8,10H2,1-3H3,(H,19,21)(H,20,22). The number of aromatic nitrogens is 1. The summed E-state index contributed by atoms with van der Waals surface area (Å²) in [6, 6.07) is 6.98. The van der Waals surface area contributed by atoms with Gasteiger partial charge in [0.1, 0.15) is 5.60 Å². The Morgan fingerprint density at radius 3 is 2.48 bits per heavy atom. The number of ether oxygens (including phenoxy) is 2. The van der Waals surface area contributed by atoms with Gasteiger partial charge >= 0.3 is 12.2 Å². The minimum Gasteiger partial charge on any atom is -0.445 e. The molecule has 0 aliphatic carbocycles. The first-order chi connectivity index (χ1) is 11.8. The molecule has 8 heteroatoms. The Kier molecular flexibility index (Phi) is 5.99. The van der Waals surface area contributed by atoms with Crippen LogP contribution in [0.2, 0.25) is 0 Å². The number of oxazole rings is 1. The van der Waals surface area contributed by atoms with Crippen molar-refractivity contribution in [3.8, 4) is 0 Å². The molecule has 2 rings (SSSR count). The Bertz CT molecular complexity index is 690. The third kappa shape index (κ3) is 6.94. The van der Waals surface area contributed by atoms with Crippen molar-refractivity contribution in [3.05, 3.63) is 48.2 Å². The van der Waals surface area contributed by atoms with Crippen LogP contribution >= 0.6 is 0 Å². The van der Waals surface area contributed by atoms with Crippen LogP contribution < -0.4 is 10.6 Å². The van der Waals surface area contributed by atoms with E-state index in [1.54, 1.807) is 45.0 Å². The van der Waals surface area contributed by atoms with E-state index in [9.17, 15) is 9.59 Å². The summed E-state index contributed by atoms with van der Waals surface area (Å²) >= 11 is 0. The summed E-state index contributed by atoms with van der Waals surface area (Å²) in [5.41, 5.74) is 0.902. The number of hydrogen-bond donors (Lipinski definition) is 2. The third-order valence-corrected chi connectivity index (χ3v) is 2.87. The Morgan fingerprint density at radius 2 is 1.88 bits per heavy atom. The number of benzene rings is 1. The molecule has 1 aromatic heterocycles. The van der Waals surface area contributed by atoms with Crippen molar-refractivity contribution in [2.24, 2.45) is 0 Å². The molecule has 0 spiro atoms. The number of nitrogens with one attached hydrogen (secondary N) is 2. The van der Waals surface area contributed by atoms with Crippen LogP contribution in [0.1, 0.15) is 32.1 Å². The molecule has 0 aliphatic heterocycles. The van der Waals surface area contributed by atoms with Gasteiger partial charge < -0.3 is 19.2 Å². The zero-order valence-electron chi connectivity index (χ0n) is 14.4. The highest BCUT2D eigenvalue weighted by Crippen LogP contribution is 2.11. The van der Waals surface area contributed by atoms with Crippen molar-refractivity contribution >= 4 is 17.9 Å². The summed E-state index contributed by atoms with van der Waals surface area (Å²) in [6.07, 6.45) is 1.65. The van der Waals surface area contributed by atoms with Gasteiger partial charge in [-0.05, 0) is 38.5 Å². The van der Waals surface area contributed by atoms with Crippen molar-refractivity contribution in [3.63, 3.8) is 0 Å². The van der Waals surface area contributed by atoms with Gasteiger partial charge in [0.05, 0.1) is 6.20 Å². The number of carbonyl (C=O) groups is 2. The van der Waals surface area contributed by atoms with Gasteiger partial charge in [-0.25, -0.2) is 14.6 Å². The van der Waals surface area contributed by atoms with E-state index < -0.39 is 17.8 Å². The van der Waals surface area contributed by atoms with Gasteiger partial charge in [-0.2, -0.15) is 0 Å². The number of hydrogen-bond acceptors (Lipinski definition) is 6. The highest BCUT2D eigenvalue weighted by Gasteiger charge is 2.15. The predicted molar refractivity (Wildman–Crippen MR) is 89.8 cm³/mol. The molecule has 0 bridgehead atoms. The van der Waals surface area contributed by atoms with E-state index in [1.165, 1.54) is 12.6 Å². The highest BCUT2D eigenvalue weighted by molar-refractivity contribution is 5.84.